The molecule has 3 heteroatoms. The van der Waals surface area contributed by atoms with Crippen molar-refractivity contribution in [2.24, 2.45) is 11.8 Å². The first-order valence-corrected chi connectivity index (χ1v) is 6.24. The van der Waals surface area contributed by atoms with E-state index in [-0.39, 0.29) is 0 Å². The third-order valence-corrected chi connectivity index (χ3v) is 3.45. The lowest BCUT2D eigenvalue weighted by Gasteiger charge is -2.03. The van der Waals surface area contributed by atoms with Crippen molar-refractivity contribution in [3.05, 3.63) is 17.5 Å². The number of hydrogen-bond acceptors (Lipinski definition) is 2. The molecule has 0 spiro atoms. The summed E-state index contributed by atoms with van der Waals surface area (Å²) in [5.41, 5.74) is 2.18. The summed E-state index contributed by atoms with van der Waals surface area (Å²) in [6.07, 6.45) is 2.59. The van der Waals surface area contributed by atoms with Gasteiger partial charge in [-0.1, -0.05) is 13.8 Å². The van der Waals surface area contributed by atoms with Gasteiger partial charge in [-0.3, -0.25) is 9.48 Å². The van der Waals surface area contributed by atoms with Gasteiger partial charge in [0.15, 0.2) is 0 Å². The van der Waals surface area contributed by atoms with E-state index in [4.69, 9.17) is 0 Å². The Bertz CT molecular complexity index is 395. The average Bonchev–Trinajstić information content (AvgIpc) is 2.88. The number of aryl methyl sites for hydroxylation is 2. The molecule has 1 aromatic rings. The first-order valence-electron chi connectivity index (χ1n) is 6.24. The van der Waals surface area contributed by atoms with Crippen LogP contribution in [0.4, 0.5) is 0 Å². The summed E-state index contributed by atoms with van der Waals surface area (Å²) in [7, 11) is 0. The molecule has 0 aromatic carbocycles. The Kier molecular flexibility index (Phi) is 3.13. The Hall–Kier alpha value is -1.12. The van der Waals surface area contributed by atoms with Crippen LogP contribution in [0.5, 0.6) is 0 Å². The fourth-order valence-electron chi connectivity index (χ4n) is 2.18. The highest BCUT2D eigenvalue weighted by atomic mass is 16.1. The van der Waals surface area contributed by atoms with E-state index < -0.39 is 0 Å². The van der Waals surface area contributed by atoms with Gasteiger partial charge in [-0.2, -0.15) is 5.10 Å². The zero-order valence-corrected chi connectivity index (χ0v) is 10.4. The number of Topliss-reactive ketones (excluding diaryl/α,β-unsaturated/α-hetero) is 1. The van der Waals surface area contributed by atoms with Gasteiger partial charge in [-0.25, -0.2) is 0 Å². The molecule has 16 heavy (non-hydrogen) atoms. The maximum Gasteiger partial charge on any atom is 0.142 e. The van der Waals surface area contributed by atoms with Gasteiger partial charge in [0.2, 0.25) is 0 Å². The molecule has 0 amide bonds. The summed E-state index contributed by atoms with van der Waals surface area (Å²) in [5.74, 6) is 1.33. The molecule has 2 unspecified atom stereocenters. The second-order valence-corrected chi connectivity index (χ2v) is 4.76. The molecule has 0 saturated heterocycles. The summed E-state index contributed by atoms with van der Waals surface area (Å²) in [5, 5.41) is 4.46. The SMILES string of the molecule is CCc1cc(CC(=O)C2CC2C)n(CC)n1. The van der Waals surface area contributed by atoms with Crippen molar-refractivity contribution in [2.45, 2.75) is 46.6 Å². The summed E-state index contributed by atoms with van der Waals surface area (Å²) < 4.78 is 1.96. The fourth-order valence-corrected chi connectivity index (χ4v) is 2.18. The van der Waals surface area contributed by atoms with E-state index in [1.54, 1.807) is 0 Å². The average molecular weight is 220 g/mol. The zero-order valence-electron chi connectivity index (χ0n) is 10.4. The number of hydrogen-bond donors (Lipinski definition) is 0. The molecule has 88 valence electrons. The van der Waals surface area contributed by atoms with Crippen LogP contribution in [-0.4, -0.2) is 15.6 Å². The molecular formula is C13H20N2O. The van der Waals surface area contributed by atoms with Gasteiger partial charge in [0.25, 0.3) is 0 Å². The van der Waals surface area contributed by atoms with Crippen LogP contribution in [0.25, 0.3) is 0 Å². The molecular weight excluding hydrogens is 200 g/mol. The van der Waals surface area contributed by atoms with Crippen molar-refractivity contribution in [1.29, 1.82) is 0 Å². The third kappa shape index (κ3) is 2.18. The summed E-state index contributed by atoms with van der Waals surface area (Å²) in [6, 6.07) is 2.08. The highest BCUT2D eigenvalue weighted by Gasteiger charge is 2.38. The van der Waals surface area contributed by atoms with Gasteiger partial charge in [-0.05, 0) is 31.7 Å². The van der Waals surface area contributed by atoms with Gasteiger partial charge >= 0.3 is 0 Å². The van der Waals surface area contributed by atoms with Crippen LogP contribution in [0.15, 0.2) is 6.07 Å². The lowest BCUT2D eigenvalue weighted by Crippen LogP contribution is -2.11. The van der Waals surface area contributed by atoms with Crippen LogP contribution in [-0.2, 0) is 24.2 Å². The highest BCUT2D eigenvalue weighted by Crippen LogP contribution is 2.39. The van der Waals surface area contributed by atoms with Crippen LogP contribution in [0.2, 0.25) is 0 Å². The van der Waals surface area contributed by atoms with Gasteiger partial charge in [0.1, 0.15) is 5.78 Å². The van der Waals surface area contributed by atoms with E-state index in [9.17, 15) is 4.79 Å². The van der Waals surface area contributed by atoms with Crippen molar-refractivity contribution in [3.8, 4) is 0 Å². The van der Waals surface area contributed by atoms with Gasteiger partial charge in [0, 0.05) is 24.6 Å². The smallest absolute Gasteiger partial charge is 0.142 e. The molecule has 0 aliphatic heterocycles. The Balaban J connectivity index is 2.07. The Labute approximate surface area is 96.8 Å². The molecule has 2 atom stereocenters. The number of carbonyl (C=O) groups is 1. The Morgan fingerprint density at radius 3 is 2.75 bits per heavy atom. The van der Waals surface area contributed by atoms with Crippen LogP contribution in [0.1, 0.15) is 38.6 Å². The van der Waals surface area contributed by atoms with Crippen molar-refractivity contribution in [1.82, 2.24) is 9.78 Å². The molecule has 1 saturated carbocycles. The molecule has 1 fully saturated rings. The highest BCUT2D eigenvalue weighted by molar-refractivity contribution is 5.85. The second-order valence-electron chi connectivity index (χ2n) is 4.76. The molecule has 0 bridgehead atoms. The van der Waals surface area contributed by atoms with Crippen molar-refractivity contribution < 1.29 is 4.79 Å². The normalized spacial score (nSPS) is 23.4. The fraction of sp³-hybridized carbons (Fsp3) is 0.692. The lowest BCUT2D eigenvalue weighted by atomic mass is 10.1. The van der Waals surface area contributed by atoms with E-state index in [1.165, 1.54) is 0 Å². The molecule has 2 rings (SSSR count). The molecule has 0 radical (unpaired) electrons. The van der Waals surface area contributed by atoms with Crippen LogP contribution in [0, 0.1) is 11.8 Å². The predicted molar refractivity (Wildman–Crippen MR) is 63.3 cm³/mol. The maximum atomic E-state index is 11.9. The predicted octanol–water partition coefficient (Wildman–Crippen LogP) is 2.23. The summed E-state index contributed by atoms with van der Waals surface area (Å²) >= 11 is 0. The van der Waals surface area contributed by atoms with E-state index in [2.05, 4.69) is 31.9 Å². The Morgan fingerprint density at radius 2 is 2.25 bits per heavy atom. The zero-order chi connectivity index (χ0) is 11.7. The largest absolute Gasteiger partial charge is 0.299 e. The molecule has 1 aliphatic rings. The van der Waals surface area contributed by atoms with Gasteiger partial charge < -0.3 is 0 Å². The number of aromatic nitrogens is 2. The standard InChI is InChI=1S/C13H20N2O/c1-4-10-7-11(15(5-2)14-10)8-13(16)12-6-9(12)3/h7,9,12H,4-6,8H2,1-3H3. The second kappa shape index (κ2) is 4.40. The van der Waals surface area contributed by atoms with Crippen LogP contribution in [0.3, 0.4) is 0 Å². The third-order valence-electron chi connectivity index (χ3n) is 3.45. The first kappa shape index (κ1) is 11.4. The quantitative estimate of drug-likeness (QED) is 0.762. The molecule has 1 aromatic heterocycles. The molecule has 1 heterocycles. The molecule has 3 nitrogen and oxygen atoms in total. The van der Waals surface area contributed by atoms with Crippen molar-refractivity contribution in [2.75, 3.05) is 0 Å². The minimum absolute atomic E-state index is 0.324. The van der Waals surface area contributed by atoms with Crippen LogP contribution >= 0.6 is 0 Å². The van der Waals surface area contributed by atoms with Crippen molar-refractivity contribution in [3.63, 3.8) is 0 Å². The van der Waals surface area contributed by atoms with Crippen molar-refractivity contribution >= 4 is 5.78 Å². The minimum Gasteiger partial charge on any atom is -0.299 e. The number of ketones is 1. The van der Waals surface area contributed by atoms with E-state index in [1.807, 2.05) is 4.68 Å². The Morgan fingerprint density at radius 1 is 1.56 bits per heavy atom. The molecule has 1 aliphatic carbocycles. The summed E-state index contributed by atoms with van der Waals surface area (Å²) in [4.78, 5) is 11.9. The monoisotopic (exact) mass is 220 g/mol. The number of rotatable bonds is 5. The first-order chi connectivity index (χ1) is 7.65. The summed E-state index contributed by atoms with van der Waals surface area (Å²) in [6.45, 7) is 7.16. The van der Waals surface area contributed by atoms with Gasteiger partial charge in [0.05, 0.1) is 5.69 Å². The lowest BCUT2D eigenvalue weighted by molar-refractivity contribution is -0.119. The number of nitrogens with zero attached hydrogens (tertiary/aromatic N) is 2. The van der Waals surface area contributed by atoms with Crippen LogP contribution < -0.4 is 0 Å². The van der Waals surface area contributed by atoms with E-state index >= 15 is 0 Å². The minimum atomic E-state index is 0.324. The maximum absolute atomic E-state index is 11.9. The number of carbonyl (C=O) groups excluding carboxylic acids is 1. The topological polar surface area (TPSA) is 34.9 Å². The van der Waals surface area contributed by atoms with E-state index in [0.717, 1.165) is 30.8 Å². The van der Waals surface area contributed by atoms with Gasteiger partial charge in [-0.15, -0.1) is 0 Å². The van der Waals surface area contributed by atoms with E-state index in [0.29, 0.717) is 24.0 Å². The molecule has 0 N–H and O–H groups in total.